The maximum absolute atomic E-state index is 13.1. The predicted molar refractivity (Wildman–Crippen MR) is 208 cm³/mol. The summed E-state index contributed by atoms with van der Waals surface area (Å²) < 4.78 is 17.8. The molecule has 5 aliphatic carbocycles. The van der Waals surface area contributed by atoms with Gasteiger partial charge in [0.25, 0.3) is 0 Å². The van der Waals surface area contributed by atoms with Gasteiger partial charge in [0.15, 0.2) is 0 Å². The van der Waals surface area contributed by atoms with Crippen LogP contribution in [0.4, 0.5) is 0 Å². The van der Waals surface area contributed by atoms with Gasteiger partial charge in [-0.1, -0.05) is 69.9 Å². The molecule has 5 aliphatic rings. The molecule has 0 aromatic carbocycles. The van der Waals surface area contributed by atoms with Crippen molar-refractivity contribution in [2.75, 3.05) is 13.2 Å². The number of hydrogen-bond acceptors (Lipinski definition) is 9. The van der Waals surface area contributed by atoms with Crippen LogP contribution in [0.1, 0.15) is 128 Å². The molecule has 0 aromatic heterocycles. The van der Waals surface area contributed by atoms with Crippen LogP contribution in [-0.2, 0) is 28.6 Å². The number of hydrogen-bond donors (Lipinski definition) is 3. The molecule has 0 saturated heterocycles. The normalized spacial score (nSPS) is 41.9. The molecule has 54 heavy (non-hydrogen) atoms. The number of carbonyl (C=O) groups is 3. The fraction of sp³-hybridized carbons (Fsp3) is 0.756. The van der Waals surface area contributed by atoms with E-state index in [0.29, 0.717) is 19.3 Å². The van der Waals surface area contributed by atoms with Crippen LogP contribution in [0.5, 0.6) is 0 Å². The summed E-state index contributed by atoms with van der Waals surface area (Å²) in [5.74, 6) is -1.50. The van der Waals surface area contributed by atoms with Gasteiger partial charge in [-0.05, 0) is 120 Å². The van der Waals surface area contributed by atoms with Crippen LogP contribution in [0.3, 0.4) is 0 Å². The highest BCUT2D eigenvalue weighted by Crippen LogP contribution is 2.76. The lowest BCUT2D eigenvalue weighted by molar-refractivity contribution is -0.263. The zero-order valence-corrected chi connectivity index (χ0v) is 35.0. The molecule has 0 aliphatic heterocycles. The highest BCUT2D eigenvalue weighted by atomic mass is 16.6. The van der Waals surface area contributed by atoms with E-state index in [0.717, 1.165) is 42.4 Å². The average Bonchev–Trinajstić information content (AvgIpc) is 3.03. The van der Waals surface area contributed by atoms with Gasteiger partial charge in [-0.25, -0.2) is 14.4 Å². The van der Waals surface area contributed by atoms with Gasteiger partial charge in [-0.3, -0.25) is 0 Å². The molecule has 0 bridgehead atoms. The van der Waals surface area contributed by atoms with Crippen LogP contribution in [0, 0.1) is 50.2 Å². The zero-order valence-electron chi connectivity index (χ0n) is 35.0. The summed E-state index contributed by atoms with van der Waals surface area (Å²) in [4.78, 5) is 38.8. The molecular weight excluding hydrogens is 684 g/mol. The smallest absolute Gasteiger partial charge is 0.331 e. The second-order valence-corrected chi connectivity index (χ2v) is 20.1. The van der Waals surface area contributed by atoms with Crippen molar-refractivity contribution in [1.29, 1.82) is 0 Å². The summed E-state index contributed by atoms with van der Waals surface area (Å²) in [6, 6.07) is 0. The van der Waals surface area contributed by atoms with E-state index in [1.807, 2.05) is 55.4 Å². The third-order valence-electron chi connectivity index (χ3n) is 15.3. The van der Waals surface area contributed by atoms with Crippen LogP contribution in [-0.4, -0.2) is 70.9 Å². The van der Waals surface area contributed by atoms with Crippen molar-refractivity contribution in [1.82, 2.24) is 0 Å². The highest BCUT2D eigenvalue weighted by molar-refractivity contribution is 5.83. The molecule has 0 amide bonds. The minimum absolute atomic E-state index is 0.110. The lowest BCUT2D eigenvalue weighted by atomic mass is 9.33. The largest absolute Gasteiger partial charge is 0.462 e. The van der Waals surface area contributed by atoms with Crippen LogP contribution in [0.15, 0.2) is 46.6 Å². The van der Waals surface area contributed by atoms with Crippen LogP contribution in [0.2, 0.25) is 0 Å². The first-order valence-electron chi connectivity index (χ1n) is 20.1. The molecule has 9 nitrogen and oxygen atoms in total. The molecule has 9 heteroatoms. The van der Waals surface area contributed by atoms with Gasteiger partial charge in [-0.2, -0.15) is 0 Å². The van der Waals surface area contributed by atoms with Crippen molar-refractivity contribution in [2.24, 2.45) is 50.2 Å². The molecule has 0 spiro atoms. The molecular formula is C45H68O9. The van der Waals surface area contributed by atoms with E-state index in [2.05, 4.69) is 33.8 Å². The Labute approximate surface area is 323 Å². The number of esters is 3. The fourth-order valence-electron chi connectivity index (χ4n) is 12.5. The number of aliphatic hydroxyl groups is 3. The second-order valence-electron chi connectivity index (χ2n) is 20.1. The van der Waals surface area contributed by atoms with Gasteiger partial charge in [0.2, 0.25) is 0 Å². The monoisotopic (exact) mass is 752 g/mol. The topological polar surface area (TPSA) is 140 Å². The Morgan fingerprint density at radius 3 is 1.85 bits per heavy atom. The van der Waals surface area contributed by atoms with Crippen LogP contribution in [0.25, 0.3) is 0 Å². The Hall–Kier alpha value is -2.75. The molecule has 4 saturated carbocycles. The molecule has 4 unspecified atom stereocenters. The first-order valence-corrected chi connectivity index (χ1v) is 20.1. The van der Waals surface area contributed by atoms with Gasteiger partial charge in [0, 0.05) is 29.1 Å². The Balaban J connectivity index is 1.57. The van der Waals surface area contributed by atoms with Gasteiger partial charge in [0.1, 0.15) is 18.8 Å². The molecule has 5 rings (SSSR count). The van der Waals surface area contributed by atoms with E-state index < -0.39 is 58.0 Å². The number of ether oxygens (including phenoxy) is 3. The minimum Gasteiger partial charge on any atom is -0.462 e. The molecule has 4 fully saturated rings. The summed E-state index contributed by atoms with van der Waals surface area (Å²) in [7, 11) is 0. The SMILES string of the molecule is CC(C)=CC(=O)OCC12C(CC(C)(C)[C@@H](OC(=O)C=C(C)C)[C@@H]1O)C1=CCC3[C@@]4(C)CC[C@H](O)[C@](C)(COC(=O)C=C(C)C)C4CC[C@@]3(C)[C@]1(C)C[C@H]2O. The second kappa shape index (κ2) is 14.6. The third-order valence-corrected chi connectivity index (χ3v) is 15.3. The Kier molecular flexibility index (Phi) is 11.5. The quantitative estimate of drug-likeness (QED) is 0.0991. The summed E-state index contributed by atoms with van der Waals surface area (Å²) in [6.07, 6.45) is 7.54. The van der Waals surface area contributed by atoms with E-state index in [1.165, 1.54) is 23.8 Å². The number of aliphatic hydroxyl groups excluding tert-OH is 3. The number of allylic oxidation sites excluding steroid dienone is 5. The Bertz CT molecular complexity index is 1620. The van der Waals surface area contributed by atoms with Gasteiger partial charge in [-0.15, -0.1) is 0 Å². The Morgan fingerprint density at radius 2 is 1.28 bits per heavy atom. The van der Waals surface area contributed by atoms with E-state index in [-0.39, 0.29) is 47.8 Å². The predicted octanol–water partition coefficient (Wildman–Crippen LogP) is 7.58. The van der Waals surface area contributed by atoms with Crippen molar-refractivity contribution in [3.8, 4) is 0 Å². The van der Waals surface area contributed by atoms with E-state index in [4.69, 9.17) is 14.2 Å². The third kappa shape index (κ3) is 6.86. The lowest BCUT2D eigenvalue weighted by Crippen LogP contribution is -2.72. The summed E-state index contributed by atoms with van der Waals surface area (Å²) >= 11 is 0. The van der Waals surface area contributed by atoms with E-state index in [9.17, 15) is 29.7 Å². The van der Waals surface area contributed by atoms with Crippen LogP contribution >= 0.6 is 0 Å². The summed E-state index contributed by atoms with van der Waals surface area (Å²) in [6.45, 7) is 24.0. The maximum Gasteiger partial charge on any atom is 0.331 e. The number of fused-ring (bicyclic) bond motifs is 7. The fourth-order valence-corrected chi connectivity index (χ4v) is 12.5. The molecule has 0 radical (unpaired) electrons. The van der Waals surface area contributed by atoms with Gasteiger partial charge >= 0.3 is 17.9 Å². The standard InChI is InChI=1S/C45H68O9/c1-26(2)19-35(48)52-24-42(10)31-15-18-43(11)32(41(31,9)17-16-33(42)46)14-13-29-30-22-40(7,8)39(54-37(50)21-28(5)6)38(51)45(30,34(47)23-44(29,43)12)25-53-36(49)20-27(3)4/h13,19-21,30-34,38-39,46-47,51H,14-18,22-25H2,1-12H3/t30?,31?,32?,33-,34+,38-,39-,41-,42+,43+,44+,45?/m0/s1. The minimum atomic E-state index is -1.31. The van der Waals surface area contributed by atoms with E-state index in [1.54, 1.807) is 0 Å². The molecule has 12 atom stereocenters. The molecule has 0 aromatic rings. The zero-order chi connectivity index (χ0) is 40.4. The molecule has 3 N–H and O–H groups in total. The van der Waals surface area contributed by atoms with Crippen molar-refractivity contribution in [2.45, 2.75) is 152 Å². The van der Waals surface area contributed by atoms with Crippen molar-refractivity contribution in [3.05, 3.63) is 46.6 Å². The summed E-state index contributed by atoms with van der Waals surface area (Å²) in [5.41, 5.74) is 0.105. The van der Waals surface area contributed by atoms with Crippen molar-refractivity contribution in [3.63, 3.8) is 0 Å². The Morgan fingerprint density at radius 1 is 0.722 bits per heavy atom. The summed E-state index contributed by atoms with van der Waals surface area (Å²) in [5, 5.41) is 36.7. The van der Waals surface area contributed by atoms with E-state index >= 15 is 0 Å². The van der Waals surface area contributed by atoms with Crippen LogP contribution < -0.4 is 0 Å². The van der Waals surface area contributed by atoms with Crippen molar-refractivity contribution >= 4 is 17.9 Å². The molecule has 0 heterocycles. The highest BCUT2D eigenvalue weighted by Gasteiger charge is 2.73. The number of rotatable bonds is 8. The lowest BCUT2D eigenvalue weighted by Gasteiger charge is -2.72. The molecule has 302 valence electrons. The van der Waals surface area contributed by atoms with Gasteiger partial charge < -0.3 is 29.5 Å². The van der Waals surface area contributed by atoms with Gasteiger partial charge in [0.05, 0.1) is 24.2 Å². The average molecular weight is 753 g/mol. The first kappa shape index (κ1) is 42.4. The number of carbonyl (C=O) groups excluding carboxylic acids is 3. The first-order chi connectivity index (χ1) is 24.9. The maximum atomic E-state index is 13.1. The van der Waals surface area contributed by atoms with Crippen molar-refractivity contribution < 1.29 is 43.9 Å².